The topological polar surface area (TPSA) is 32.8 Å². The minimum atomic E-state index is -0.460. The predicted octanol–water partition coefficient (Wildman–Crippen LogP) is 1.65. The molecule has 0 radical (unpaired) electrons. The molecule has 1 aromatic rings. The lowest BCUT2D eigenvalue weighted by Crippen LogP contribution is -2.11. The number of hydrogen-bond donors (Lipinski definition) is 1. The molecule has 1 saturated heterocycles. The van der Waals surface area contributed by atoms with Gasteiger partial charge in [-0.1, -0.05) is 12.1 Å². The van der Waals surface area contributed by atoms with Gasteiger partial charge in [0.2, 0.25) is 0 Å². The molecule has 1 fully saturated rings. The Morgan fingerprint density at radius 1 is 1.46 bits per heavy atom. The van der Waals surface area contributed by atoms with Crippen molar-refractivity contribution in [2.24, 2.45) is 0 Å². The Kier molecular flexibility index (Phi) is 1.86. The standard InChI is InChI=1S/C10H11FO2/c1-10(6-12)9(13-10)7-2-4-8(11)5-3-7/h2-5,9,12H,6H2,1H3/t9-,10-/m0/s1. The van der Waals surface area contributed by atoms with Crippen molar-refractivity contribution >= 4 is 0 Å². The summed E-state index contributed by atoms with van der Waals surface area (Å²) in [5.41, 5.74) is 0.454. The lowest BCUT2D eigenvalue weighted by Gasteiger charge is -2.00. The highest BCUT2D eigenvalue weighted by molar-refractivity contribution is 5.26. The van der Waals surface area contributed by atoms with Crippen molar-refractivity contribution in [3.63, 3.8) is 0 Å². The van der Waals surface area contributed by atoms with Gasteiger partial charge in [-0.15, -0.1) is 0 Å². The summed E-state index contributed by atoms with van der Waals surface area (Å²) in [7, 11) is 0. The third kappa shape index (κ3) is 1.45. The van der Waals surface area contributed by atoms with E-state index in [-0.39, 0.29) is 18.5 Å². The minimum absolute atomic E-state index is 0.00492. The first-order chi connectivity index (χ1) is 6.15. The highest BCUT2D eigenvalue weighted by atomic mass is 19.1. The number of halogens is 1. The molecular weight excluding hydrogens is 171 g/mol. The number of aliphatic hydroxyl groups is 1. The van der Waals surface area contributed by atoms with Crippen molar-refractivity contribution < 1.29 is 14.2 Å². The monoisotopic (exact) mass is 182 g/mol. The molecule has 2 rings (SSSR count). The molecule has 2 nitrogen and oxygen atoms in total. The summed E-state index contributed by atoms with van der Waals surface area (Å²) >= 11 is 0. The maximum atomic E-state index is 12.6. The molecule has 3 heteroatoms. The minimum Gasteiger partial charge on any atom is -0.393 e. The smallest absolute Gasteiger partial charge is 0.123 e. The van der Waals surface area contributed by atoms with E-state index in [0.29, 0.717) is 0 Å². The molecule has 1 N–H and O–H groups in total. The van der Waals surface area contributed by atoms with Gasteiger partial charge in [0.15, 0.2) is 0 Å². The van der Waals surface area contributed by atoms with E-state index in [1.807, 2.05) is 6.92 Å². The van der Waals surface area contributed by atoms with E-state index >= 15 is 0 Å². The van der Waals surface area contributed by atoms with Gasteiger partial charge < -0.3 is 9.84 Å². The fourth-order valence-corrected chi connectivity index (χ4v) is 1.41. The lowest BCUT2D eigenvalue weighted by molar-refractivity contribution is 0.184. The molecule has 1 heterocycles. The zero-order valence-electron chi connectivity index (χ0n) is 7.33. The maximum Gasteiger partial charge on any atom is 0.123 e. The summed E-state index contributed by atoms with van der Waals surface area (Å²) in [5.74, 6) is -0.255. The van der Waals surface area contributed by atoms with Crippen LogP contribution in [0, 0.1) is 5.82 Å². The second kappa shape index (κ2) is 2.79. The fourth-order valence-electron chi connectivity index (χ4n) is 1.41. The number of ether oxygens (including phenoxy) is 1. The quantitative estimate of drug-likeness (QED) is 0.705. The number of rotatable bonds is 2. The molecule has 0 bridgehead atoms. The van der Waals surface area contributed by atoms with E-state index in [1.165, 1.54) is 12.1 Å². The van der Waals surface area contributed by atoms with Gasteiger partial charge in [-0.25, -0.2) is 4.39 Å². The first kappa shape index (κ1) is 8.66. The zero-order chi connectivity index (χ0) is 9.47. The normalized spacial score (nSPS) is 31.8. The Morgan fingerprint density at radius 2 is 2.08 bits per heavy atom. The summed E-state index contributed by atoms with van der Waals surface area (Å²) in [6.07, 6.45) is -0.0851. The second-order valence-corrected chi connectivity index (χ2v) is 3.52. The van der Waals surface area contributed by atoms with Crippen LogP contribution < -0.4 is 0 Å². The molecule has 13 heavy (non-hydrogen) atoms. The van der Waals surface area contributed by atoms with Gasteiger partial charge in [0, 0.05) is 0 Å². The van der Waals surface area contributed by atoms with E-state index < -0.39 is 5.60 Å². The first-order valence-corrected chi connectivity index (χ1v) is 4.20. The van der Waals surface area contributed by atoms with Crippen LogP contribution in [0.4, 0.5) is 4.39 Å². The number of aliphatic hydroxyl groups excluding tert-OH is 1. The second-order valence-electron chi connectivity index (χ2n) is 3.52. The molecule has 0 aromatic heterocycles. The van der Waals surface area contributed by atoms with E-state index in [2.05, 4.69) is 0 Å². The van der Waals surface area contributed by atoms with Crippen LogP contribution in [0.5, 0.6) is 0 Å². The van der Waals surface area contributed by atoms with E-state index in [4.69, 9.17) is 9.84 Å². The Labute approximate surface area is 76.0 Å². The number of benzene rings is 1. The molecule has 1 aliphatic heterocycles. The highest BCUT2D eigenvalue weighted by Crippen LogP contribution is 2.48. The van der Waals surface area contributed by atoms with Gasteiger partial charge in [0.25, 0.3) is 0 Å². The van der Waals surface area contributed by atoms with Gasteiger partial charge in [-0.2, -0.15) is 0 Å². The van der Waals surface area contributed by atoms with Crippen LogP contribution in [0.2, 0.25) is 0 Å². The van der Waals surface area contributed by atoms with Crippen LogP contribution in [-0.4, -0.2) is 17.3 Å². The van der Waals surface area contributed by atoms with Gasteiger partial charge >= 0.3 is 0 Å². The molecule has 1 aromatic carbocycles. The van der Waals surface area contributed by atoms with Crippen LogP contribution in [0.25, 0.3) is 0 Å². The van der Waals surface area contributed by atoms with Crippen molar-refractivity contribution in [2.75, 3.05) is 6.61 Å². The molecule has 0 aliphatic carbocycles. The van der Waals surface area contributed by atoms with Crippen LogP contribution in [0.15, 0.2) is 24.3 Å². The Bertz CT molecular complexity index is 309. The summed E-state index contributed by atoms with van der Waals surface area (Å²) in [6, 6.07) is 6.16. The predicted molar refractivity (Wildman–Crippen MR) is 45.7 cm³/mol. The van der Waals surface area contributed by atoms with Crippen molar-refractivity contribution in [2.45, 2.75) is 18.6 Å². The molecule has 0 unspecified atom stereocenters. The zero-order valence-corrected chi connectivity index (χ0v) is 7.33. The Hall–Kier alpha value is -0.930. The number of epoxide rings is 1. The highest BCUT2D eigenvalue weighted by Gasteiger charge is 2.52. The molecule has 2 atom stereocenters. The van der Waals surface area contributed by atoms with Crippen molar-refractivity contribution in [3.05, 3.63) is 35.6 Å². The lowest BCUT2D eigenvalue weighted by atomic mass is 10.0. The van der Waals surface area contributed by atoms with Crippen LogP contribution in [0.3, 0.4) is 0 Å². The molecule has 0 amide bonds. The third-order valence-corrected chi connectivity index (χ3v) is 2.37. The summed E-state index contributed by atoms with van der Waals surface area (Å²) in [6.45, 7) is 1.83. The third-order valence-electron chi connectivity index (χ3n) is 2.37. The van der Waals surface area contributed by atoms with Gasteiger partial charge in [-0.05, 0) is 24.6 Å². The number of hydrogen-bond acceptors (Lipinski definition) is 2. The SMILES string of the molecule is C[C@@]1(CO)O[C@H]1c1ccc(F)cc1. The van der Waals surface area contributed by atoms with Crippen molar-refractivity contribution in [1.29, 1.82) is 0 Å². The molecule has 70 valence electrons. The van der Waals surface area contributed by atoms with Crippen LogP contribution in [0.1, 0.15) is 18.6 Å². The Morgan fingerprint density at radius 3 is 2.54 bits per heavy atom. The van der Waals surface area contributed by atoms with Crippen LogP contribution in [-0.2, 0) is 4.74 Å². The molecule has 0 spiro atoms. The van der Waals surface area contributed by atoms with Crippen LogP contribution >= 0.6 is 0 Å². The maximum absolute atomic E-state index is 12.6. The average molecular weight is 182 g/mol. The molecule has 0 saturated carbocycles. The first-order valence-electron chi connectivity index (χ1n) is 4.20. The van der Waals surface area contributed by atoms with Crippen molar-refractivity contribution in [1.82, 2.24) is 0 Å². The van der Waals surface area contributed by atoms with Gasteiger partial charge in [0.05, 0.1) is 6.61 Å². The van der Waals surface area contributed by atoms with E-state index in [1.54, 1.807) is 12.1 Å². The summed E-state index contributed by atoms with van der Waals surface area (Å²) in [4.78, 5) is 0. The van der Waals surface area contributed by atoms with E-state index in [0.717, 1.165) is 5.56 Å². The fraction of sp³-hybridized carbons (Fsp3) is 0.400. The molecule has 1 aliphatic rings. The Balaban J connectivity index is 2.16. The van der Waals surface area contributed by atoms with Gasteiger partial charge in [-0.3, -0.25) is 0 Å². The average Bonchev–Trinajstić information content (AvgIpc) is 2.81. The van der Waals surface area contributed by atoms with Crippen molar-refractivity contribution in [3.8, 4) is 0 Å². The van der Waals surface area contributed by atoms with E-state index in [9.17, 15) is 4.39 Å². The summed E-state index contributed by atoms with van der Waals surface area (Å²) < 4.78 is 17.9. The molecular formula is C10H11FO2. The largest absolute Gasteiger partial charge is 0.393 e. The van der Waals surface area contributed by atoms with Gasteiger partial charge in [0.1, 0.15) is 17.5 Å². The summed E-state index contributed by atoms with van der Waals surface area (Å²) in [5, 5.41) is 8.95.